The first-order chi connectivity index (χ1) is 30.9. The number of nitrogens with one attached hydrogen (secondary N) is 2. The number of hydrogen-bond acceptors (Lipinski definition) is 18. The molecule has 23 heteroatoms. The molecular formula is C43H51N9O12S2. The number of carbonyl (C=O) groups is 4. The lowest BCUT2D eigenvalue weighted by Crippen LogP contribution is -2.73. The second-order valence-corrected chi connectivity index (χ2v) is 19.1. The van der Waals surface area contributed by atoms with Crippen molar-refractivity contribution >= 4 is 68.3 Å². The van der Waals surface area contributed by atoms with Crippen LogP contribution in [0, 0.1) is 0 Å². The van der Waals surface area contributed by atoms with Gasteiger partial charge in [-0.15, -0.1) is 11.3 Å². The van der Waals surface area contributed by atoms with Crippen LogP contribution in [0.3, 0.4) is 0 Å². The van der Waals surface area contributed by atoms with Gasteiger partial charge in [0, 0.05) is 11.4 Å². The molecule has 2 aromatic heterocycles. The maximum Gasteiger partial charge on any atom is 0.413 e. The van der Waals surface area contributed by atoms with Gasteiger partial charge < -0.3 is 34.9 Å². The van der Waals surface area contributed by atoms with Crippen molar-refractivity contribution in [3.8, 4) is 11.5 Å². The number of pyridine rings is 1. The van der Waals surface area contributed by atoms with Crippen LogP contribution < -0.4 is 25.9 Å². The molecule has 21 nitrogen and oxygen atoms in total. The van der Waals surface area contributed by atoms with E-state index >= 15 is 0 Å². The molecule has 1 fully saturated rings. The lowest BCUT2D eigenvalue weighted by atomic mass is 9.98. The largest absolute Gasteiger partial charge is 0.485 e. The van der Waals surface area contributed by atoms with Gasteiger partial charge in [-0.3, -0.25) is 29.4 Å². The number of amides is 3. The molecule has 0 unspecified atom stereocenters. The fourth-order valence-corrected chi connectivity index (χ4v) is 7.21. The molecule has 1 saturated heterocycles. The maximum atomic E-state index is 14.0. The molecule has 0 bridgehead atoms. The van der Waals surface area contributed by atoms with E-state index in [1.807, 2.05) is 60.7 Å². The minimum atomic E-state index is -5.16. The van der Waals surface area contributed by atoms with E-state index in [1.54, 1.807) is 41.5 Å². The van der Waals surface area contributed by atoms with Crippen molar-refractivity contribution in [2.45, 2.75) is 97.5 Å². The standard InChI is InChI=1S/C43H51N9O12S2/c1-41(2,3)62-38(55)43(7,8)64-51-34(30-25-65-39(47-30)49-40(56)63-42(4,5)6)36(53)48-35-31(52(37(35)54)66(57,58)59)21-45-20-29(50-44)28-19-32(60-23-26-15-11-9-12-16-26)33(22-46-28)61-24-27-17-13-10-14-18-27/h9-20,22,25,31,35H,21,23-24,44H2,1-8H3,(H,48,53)(H,47,49,56)(H,57,58,59)/b45-20?,50-29?,51-34-/t31-,35+/m1/s1. The van der Waals surface area contributed by atoms with E-state index in [-0.39, 0.29) is 39.8 Å². The van der Waals surface area contributed by atoms with Gasteiger partial charge in [0.05, 0.1) is 30.7 Å². The zero-order valence-electron chi connectivity index (χ0n) is 37.4. The smallest absolute Gasteiger partial charge is 0.413 e. The first-order valence-electron chi connectivity index (χ1n) is 20.1. The Kier molecular flexibility index (Phi) is 15.8. The third-order valence-electron chi connectivity index (χ3n) is 8.74. The van der Waals surface area contributed by atoms with Gasteiger partial charge >= 0.3 is 22.4 Å². The predicted octanol–water partition coefficient (Wildman–Crippen LogP) is 4.82. The highest BCUT2D eigenvalue weighted by atomic mass is 32.2. The molecular weight excluding hydrogens is 899 g/mol. The van der Waals surface area contributed by atoms with Crippen molar-refractivity contribution in [1.82, 2.24) is 19.6 Å². The highest BCUT2D eigenvalue weighted by molar-refractivity contribution is 7.84. The third-order valence-corrected chi connectivity index (χ3v) is 10.4. The van der Waals surface area contributed by atoms with Crippen LogP contribution in [0.4, 0.5) is 9.93 Å². The number of ether oxygens (including phenoxy) is 4. The number of hydrogen-bond donors (Lipinski definition) is 4. The van der Waals surface area contributed by atoms with Crippen LogP contribution in [0.15, 0.2) is 93.6 Å². The van der Waals surface area contributed by atoms with Crippen molar-refractivity contribution in [3.63, 3.8) is 0 Å². The lowest BCUT2D eigenvalue weighted by molar-refractivity contribution is -0.179. The normalized spacial score (nSPS) is 16.0. The SMILES string of the molecule is CC(C)(C)OC(=O)Nc1nc(/C(=N/OC(C)(C)C(=O)OC(C)(C)C)C(=O)N[C@@H]2C(=O)N(S(=O)(=O)O)[C@@H]2CN=CC(=NN)c2cc(OCc3ccccc3)c(OCc3ccccc3)cn2)cs1. The number of nitrogens with two attached hydrogens (primary N) is 1. The number of oxime groups is 1. The average molecular weight is 950 g/mol. The number of rotatable bonds is 18. The number of thiazole rings is 1. The molecule has 3 heterocycles. The van der Waals surface area contributed by atoms with E-state index < -0.39 is 75.3 Å². The van der Waals surface area contributed by atoms with Crippen molar-refractivity contribution in [2.75, 3.05) is 11.9 Å². The van der Waals surface area contributed by atoms with Gasteiger partial charge in [0.2, 0.25) is 5.60 Å². The first kappa shape index (κ1) is 50.0. The first-order valence-corrected chi connectivity index (χ1v) is 22.4. The number of esters is 1. The second kappa shape index (κ2) is 20.9. The Morgan fingerprint density at radius 3 is 2.05 bits per heavy atom. The molecule has 4 aromatic rings. The van der Waals surface area contributed by atoms with Crippen LogP contribution in [0.25, 0.3) is 0 Å². The molecule has 5 N–H and O–H groups in total. The van der Waals surface area contributed by atoms with Crippen LogP contribution >= 0.6 is 11.3 Å². The van der Waals surface area contributed by atoms with Crippen molar-refractivity contribution in [2.24, 2.45) is 21.1 Å². The maximum absolute atomic E-state index is 14.0. The van der Waals surface area contributed by atoms with Gasteiger partial charge in [-0.2, -0.15) is 13.5 Å². The van der Waals surface area contributed by atoms with Crippen molar-refractivity contribution in [3.05, 3.63) is 101 Å². The Hall–Kier alpha value is -6.98. The van der Waals surface area contributed by atoms with E-state index in [4.69, 9.17) is 29.6 Å². The van der Waals surface area contributed by atoms with Gasteiger partial charge in [-0.05, 0) is 66.5 Å². The molecule has 2 atom stereocenters. The molecule has 2 aromatic carbocycles. The number of aliphatic imine (C=N–C) groups is 1. The minimum absolute atomic E-state index is 0.00249. The third kappa shape index (κ3) is 14.0. The number of β-lactam (4-membered cyclic amide) rings is 1. The summed E-state index contributed by atoms with van der Waals surface area (Å²) in [5.74, 6) is 3.19. The Morgan fingerprint density at radius 1 is 0.894 bits per heavy atom. The molecule has 1 aliphatic heterocycles. The predicted molar refractivity (Wildman–Crippen MR) is 243 cm³/mol. The Bertz CT molecular complexity index is 2590. The monoisotopic (exact) mass is 949 g/mol. The number of aromatic nitrogens is 2. The van der Waals surface area contributed by atoms with Crippen LogP contribution in [0.5, 0.6) is 11.5 Å². The van der Waals surface area contributed by atoms with Gasteiger partial charge in [0.15, 0.2) is 22.3 Å². The van der Waals surface area contributed by atoms with Crippen molar-refractivity contribution in [1.29, 1.82) is 0 Å². The number of carbonyl (C=O) groups excluding carboxylic acids is 4. The number of benzene rings is 2. The molecule has 0 radical (unpaired) electrons. The highest BCUT2D eigenvalue weighted by Gasteiger charge is 2.54. The Balaban J connectivity index is 1.39. The van der Waals surface area contributed by atoms with Gasteiger partial charge in [0.25, 0.3) is 11.8 Å². The van der Waals surface area contributed by atoms with Gasteiger partial charge in [-0.1, -0.05) is 65.8 Å². The van der Waals surface area contributed by atoms with Crippen molar-refractivity contribution < 1.29 is 55.9 Å². The average Bonchev–Trinajstić information content (AvgIpc) is 3.68. The summed E-state index contributed by atoms with van der Waals surface area (Å²) in [6, 6.07) is 17.3. The quantitative estimate of drug-likeness (QED) is 0.0260. The number of hydrazone groups is 1. The van der Waals surface area contributed by atoms with Crippen LogP contribution in [-0.4, -0.2) is 104 Å². The van der Waals surface area contributed by atoms with E-state index in [2.05, 4.69) is 35.9 Å². The molecule has 0 spiro atoms. The van der Waals surface area contributed by atoms with Crippen LogP contribution in [-0.2, 0) is 52.2 Å². The fourth-order valence-electron chi connectivity index (χ4n) is 5.65. The molecule has 0 aliphatic carbocycles. The summed E-state index contributed by atoms with van der Waals surface area (Å²) in [5.41, 5.74) is -2.34. The van der Waals surface area contributed by atoms with Gasteiger partial charge in [-0.25, -0.2) is 18.9 Å². The summed E-state index contributed by atoms with van der Waals surface area (Å²) in [4.78, 5) is 71.2. The topological polar surface area (TPSA) is 285 Å². The van der Waals surface area contributed by atoms with Gasteiger partial charge in [0.1, 0.15) is 41.9 Å². The zero-order valence-corrected chi connectivity index (χ0v) is 39.0. The number of anilines is 1. The fraction of sp³-hybridized carbons (Fsp3) is 0.372. The molecule has 66 heavy (non-hydrogen) atoms. The Morgan fingerprint density at radius 2 is 1.48 bits per heavy atom. The summed E-state index contributed by atoms with van der Waals surface area (Å²) in [5, 5.41) is 13.9. The van der Waals surface area contributed by atoms with E-state index in [0.717, 1.165) is 28.7 Å². The number of nitrogens with zero attached hydrogens (tertiary/aromatic N) is 6. The summed E-state index contributed by atoms with van der Waals surface area (Å²) in [7, 11) is -5.16. The lowest BCUT2D eigenvalue weighted by Gasteiger charge is -2.43. The minimum Gasteiger partial charge on any atom is -0.485 e. The van der Waals surface area contributed by atoms with Crippen LogP contribution in [0.2, 0.25) is 0 Å². The van der Waals surface area contributed by atoms with E-state index in [1.165, 1.54) is 31.5 Å². The summed E-state index contributed by atoms with van der Waals surface area (Å²) in [6.07, 6.45) is 1.73. The summed E-state index contributed by atoms with van der Waals surface area (Å²) >= 11 is 0.880. The summed E-state index contributed by atoms with van der Waals surface area (Å²) in [6.45, 7) is 12.4. The van der Waals surface area contributed by atoms with E-state index in [9.17, 15) is 32.1 Å². The molecule has 3 amide bonds. The second-order valence-electron chi connectivity index (χ2n) is 16.9. The molecule has 1 aliphatic rings. The highest BCUT2D eigenvalue weighted by Crippen LogP contribution is 2.30. The van der Waals surface area contributed by atoms with Crippen LogP contribution in [0.1, 0.15) is 77.9 Å². The molecule has 0 saturated carbocycles. The molecule has 5 rings (SSSR count). The molecule has 352 valence electrons. The zero-order chi connectivity index (χ0) is 48.5. The van der Waals surface area contributed by atoms with E-state index in [0.29, 0.717) is 11.5 Å². The summed E-state index contributed by atoms with van der Waals surface area (Å²) < 4.78 is 57.8. The Labute approximate surface area is 385 Å².